The number of fused-ring (bicyclic) bond motifs is 14. The minimum Gasteiger partial charge on any atom is -0.455 e. The highest BCUT2D eigenvalue weighted by Crippen LogP contribution is 2.64. The lowest BCUT2D eigenvalue weighted by Gasteiger charge is -2.30. The quantitative estimate of drug-likeness (QED) is 0.176. The van der Waals surface area contributed by atoms with Crippen LogP contribution in [0.2, 0.25) is 0 Å². The molecule has 0 fully saturated rings. The van der Waals surface area contributed by atoms with Gasteiger partial charge in [0.25, 0.3) is 0 Å². The highest BCUT2D eigenvalue weighted by molar-refractivity contribution is 6.18. The second kappa shape index (κ2) is 12.3. The normalized spacial score (nSPS) is 13.1. The van der Waals surface area contributed by atoms with Gasteiger partial charge in [-0.1, -0.05) is 164 Å². The van der Waals surface area contributed by atoms with E-state index in [-0.39, 0.29) is 0 Å². The molecule has 1 spiro atoms. The Kier molecular flexibility index (Phi) is 6.88. The third kappa shape index (κ3) is 4.53. The summed E-state index contributed by atoms with van der Waals surface area (Å²) in [6.45, 7) is 0. The van der Waals surface area contributed by atoms with E-state index in [1.165, 1.54) is 49.9 Å². The molecule has 0 radical (unpaired) electrons. The standard InChI is InChI=1S/C55H35NO/c1-4-17-36(18-5-1)37-33-38(35-41(34-37)56(39-19-6-2-7-20-39)40-21-8-3-9-22-40)42-26-16-27-46-53-51(57-54(42)46)32-31-50-52(53)45-25-12-15-30-49(45)55(50)47-28-13-10-23-43(47)44-24-11-14-29-48(44)55/h1-35H. The molecule has 2 nitrogen and oxygen atoms in total. The van der Waals surface area contributed by atoms with Gasteiger partial charge >= 0.3 is 0 Å². The van der Waals surface area contributed by atoms with Crippen molar-refractivity contribution in [3.05, 3.63) is 235 Å². The number of nitrogens with zero attached hydrogens (tertiary/aromatic N) is 1. The lowest BCUT2D eigenvalue weighted by molar-refractivity contribution is 0.669. The maximum Gasteiger partial charge on any atom is 0.143 e. The van der Waals surface area contributed by atoms with Crippen LogP contribution >= 0.6 is 0 Å². The van der Waals surface area contributed by atoms with Gasteiger partial charge in [-0.2, -0.15) is 0 Å². The average molecular weight is 726 g/mol. The Bertz CT molecular complexity index is 3090. The summed E-state index contributed by atoms with van der Waals surface area (Å²) >= 11 is 0. The number of benzene rings is 9. The summed E-state index contributed by atoms with van der Waals surface area (Å²) in [6, 6.07) is 77.1. The van der Waals surface area contributed by atoms with E-state index in [0.29, 0.717) is 0 Å². The van der Waals surface area contributed by atoms with E-state index in [4.69, 9.17) is 4.42 Å². The van der Waals surface area contributed by atoms with Crippen LogP contribution in [-0.2, 0) is 5.41 Å². The summed E-state index contributed by atoms with van der Waals surface area (Å²) in [6.07, 6.45) is 0. The second-order valence-electron chi connectivity index (χ2n) is 15.2. The highest BCUT2D eigenvalue weighted by atomic mass is 16.3. The molecule has 2 heteroatoms. The number of furan rings is 1. The summed E-state index contributed by atoms with van der Waals surface area (Å²) in [4.78, 5) is 2.34. The van der Waals surface area contributed by atoms with Crippen molar-refractivity contribution in [2.45, 2.75) is 5.41 Å². The molecule has 12 rings (SSSR count). The molecule has 0 N–H and O–H groups in total. The van der Waals surface area contributed by atoms with E-state index in [2.05, 4.69) is 217 Å². The van der Waals surface area contributed by atoms with Gasteiger partial charge < -0.3 is 9.32 Å². The van der Waals surface area contributed by atoms with E-state index in [1.54, 1.807) is 0 Å². The molecule has 0 saturated heterocycles. The summed E-state index contributed by atoms with van der Waals surface area (Å²) in [5.41, 5.74) is 19.6. The molecule has 0 aliphatic heterocycles. The maximum atomic E-state index is 7.07. The van der Waals surface area contributed by atoms with E-state index >= 15 is 0 Å². The van der Waals surface area contributed by atoms with Crippen molar-refractivity contribution in [2.75, 3.05) is 4.90 Å². The topological polar surface area (TPSA) is 16.4 Å². The highest BCUT2D eigenvalue weighted by Gasteiger charge is 2.52. The first-order valence-corrected chi connectivity index (χ1v) is 19.7. The summed E-state index contributed by atoms with van der Waals surface area (Å²) < 4.78 is 7.07. The molecule has 0 amide bonds. The molecule has 1 heterocycles. The van der Waals surface area contributed by atoms with Crippen molar-refractivity contribution in [3.63, 3.8) is 0 Å². The Morgan fingerprint density at radius 2 is 0.877 bits per heavy atom. The van der Waals surface area contributed by atoms with Gasteiger partial charge in [-0.25, -0.2) is 0 Å². The molecule has 1 aromatic heterocycles. The molecule has 2 aliphatic rings. The maximum absolute atomic E-state index is 7.07. The van der Waals surface area contributed by atoms with Crippen molar-refractivity contribution in [2.24, 2.45) is 0 Å². The second-order valence-corrected chi connectivity index (χ2v) is 15.2. The average Bonchev–Trinajstić information content (AvgIpc) is 3.92. The van der Waals surface area contributed by atoms with Gasteiger partial charge in [-0.15, -0.1) is 0 Å². The fraction of sp³-hybridized carbons (Fsp3) is 0.0182. The zero-order chi connectivity index (χ0) is 37.5. The first-order valence-electron chi connectivity index (χ1n) is 19.7. The van der Waals surface area contributed by atoms with E-state index < -0.39 is 5.41 Å². The van der Waals surface area contributed by atoms with Crippen LogP contribution < -0.4 is 4.90 Å². The van der Waals surface area contributed by atoms with Gasteiger partial charge in [0.05, 0.1) is 5.41 Å². The molecule has 266 valence electrons. The predicted molar refractivity (Wildman–Crippen MR) is 236 cm³/mol. The fourth-order valence-corrected chi connectivity index (χ4v) is 9.99. The molecule has 2 aliphatic carbocycles. The van der Waals surface area contributed by atoms with Gasteiger partial charge in [0.2, 0.25) is 0 Å². The lowest BCUT2D eigenvalue weighted by atomic mass is 9.70. The zero-order valence-electron chi connectivity index (χ0n) is 31.1. The molecule has 0 saturated carbocycles. The third-order valence-electron chi connectivity index (χ3n) is 12.2. The Hall–Kier alpha value is -7.42. The van der Waals surface area contributed by atoms with Crippen molar-refractivity contribution in [1.29, 1.82) is 0 Å². The molecule has 0 bridgehead atoms. The Labute approximate surface area is 331 Å². The van der Waals surface area contributed by atoms with Crippen molar-refractivity contribution in [3.8, 4) is 44.5 Å². The molecule has 10 aromatic rings. The molecule has 0 unspecified atom stereocenters. The molecular formula is C55H35NO. The van der Waals surface area contributed by atoms with Crippen molar-refractivity contribution < 1.29 is 4.42 Å². The number of anilines is 3. The lowest BCUT2D eigenvalue weighted by Crippen LogP contribution is -2.25. The first-order chi connectivity index (χ1) is 28.3. The molecule has 9 aromatic carbocycles. The fourth-order valence-electron chi connectivity index (χ4n) is 9.99. The zero-order valence-corrected chi connectivity index (χ0v) is 31.1. The van der Waals surface area contributed by atoms with Crippen LogP contribution in [0.1, 0.15) is 22.3 Å². The van der Waals surface area contributed by atoms with Crippen LogP contribution in [0.3, 0.4) is 0 Å². The van der Waals surface area contributed by atoms with Gasteiger partial charge in [0.15, 0.2) is 0 Å². The molecular weight excluding hydrogens is 691 g/mol. The SMILES string of the molecule is c1ccc(-c2cc(-c3cccc4c3oc3ccc5c(c34)-c3ccccc3C53c4ccccc4-c4ccccc43)cc(N(c3ccccc3)c3ccccc3)c2)cc1. The number of hydrogen-bond donors (Lipinski definition) is 0. The third-order valence-corrected chi connectivity index (χ3v) is 12.2. The number of rotatable bonds is 5. The summed E-state index contributed by atoms with van der Waals surface area (Å²) in [5.74, 6) is 0. The van der Waals surface area contributed by atoms with Crippen LogP contribution in [0, 0.1) is 0 Å². The van der Waals surface area contributed by atoms with E-state index in [9.17, 15) is 0 Å². The number of para-hydroxylation sites is 3. The Morgan fingerprint density at radius 3 is 1.53 bits per heavy atom. The first kappa shape index (κ1) is 31.9. The largest absolute Gasteiger partial charge is 0.455 e. The van der Waals surface area contributed by atoms with Gasteiger partial charge in [-0.3, -0.25) is 0 Å². The van der Waals surface area contributed by atoms with Crippen LogP contribution in [0.5, 0.6) is 0 Å². The summed E-state index contributed by atoms with van der Waals surface area (Å²) in [7, 11) is 0. The van der Waals surface area contributed by atoms with Crippen LogP contribution in [0.25, 0.3) is 66.4 Å². The smallest absolute Gasteiger partial charge is 0.143 e. The van der Waals surface area contributed by atoms with Crippen LogP contribution in [0.4, 0.5) is 17.1 Å². The Balaban J connectivity index is 1.13. The van der Waals surface area contributed by atoms with Gasteiger partial charge in [0.1, 0.15) is 11.2 Å². The minimum atomic E-state index is -0.411. The van der Waals surface area contributed by atoms with Crippen molar-refractivity contribution >= 4 is 39.0 Å². The van der Waals surface area contributed by atoms with E-state index in [0.717, 1.165) is 55.9 Å². The molecule has 0 atom stereocenters. The summed E-state index contributed by atoms with van der Waals surface area (Å²) in [5, 5.41) is 2.30. The van der Waals surface area contributed by atoms with Gasteiger partial charge in [0, 0.05) is 33.4 Å². The van der Waals surface area contributed by atoms with Crippen LogP contribution in [-0.4, -0.2) is 0 Å². The predicted octanol–water partition coefficient (Wildman–Crippen LogP) is 14.7. The Morgan fingerprint density at radius 1 is 0.351 bits per heavy atom. The minimum absolute atomic E-state index is 0.411. The molecule has 57 heavy (non-hydrogen) atoms. The van der Waals surface area contributed by atoms with E-state index in [1.807, 2.05) is 0 Å². The van der Waals surface area contributed by atoms with Gasteiger partial charge in [-0.05, 0) is 110 Å². The number of hydrogen-bond acceptors (Lipinski definition) is 2. The van der Waals surface area contributed by atoms with Crippen molar-refractivity contribution in [1.82, 2.24) is 0 Å². The monoisotopic (exact) mass is 725 g/mol. The van der Waals surface area contributed by atoms with Crippen LogP contribution in [0.15, 0.2) is 217 Å².